The molecule has 1 aromatic carbocycles. The van der Waals surface area contributed by atoms with Crippen LogP contribution in [0.1, 0.15) is 0 Å². The summed E-state index contributed by atoms with van der Waals surface area (Å²) in [5.74, 6) is 0. The number of hydrogen-bond acceptors (Lipinski definition) is 2. The molecule has 0 aliphatic rings. The maximum atomic E-state index is 5.57. The van der Waals surface area contributed by atoms with Crippen LogP contribution in [0.4, 0.5) is 5.69 Å². The first-order chi connectivity index (χ1) is 5.25. The van der Waals surface area contributed by atoms with E-state index in [0.29, 0.717) is 0 Å². The summed E-state index contributed by atoms with van der Waals surface area (Å²) in [7, 11) is 0. The van der Waals surface area contributed by atoms with Crippen molar-refractivity contribution in [3.8, 4) is 0 Å². The summed E-state index contributed by atoms with van der Waals surface area (Å²) >= 11 is 3.24. The SMILES string of the molecule is Cl.Nc1ccc2nc(Br)[nH]c2c1. The number of aromatic nitrogens is 2. The number of anilines is 1. The van der Waals surface area contributed by atoms with Crippen LogP contribution in [0.25, 0.3) is 11.0 Å². The van der Waals surface area contributed by atoms with Gasteiger partial charge in [0.05, 0.1) is 11.0 Å². The van der Waals surface area contributed by atoms with E-state index in [1.54, 1.807) is 0 Å². The lowest BCUT2D eigenvalue weighted by molar-refractivity contribution is 1.27. The van der Waals surface area contributed by atoms with E-state index < -0.39 is 0 Å². The minimum absolute atomic E-state index is 0. The van der Waals surface area contributed by atoms with Crippen LogP contribution in [-0.4, -0.2) is 9.97 Å². The lowest BCUT2D eigenvalue weighted by atomic mass is 10.3. The smallest absolute Gasteiger partial charge is 0.175 e. The number of nitrogens with one attached hydrogen (secondary N) is 1. The number of benzene rings is 1. The van der Waals surface area contributed by atoms with Crippen molar-refractivity contribution < 1.29 is 0 Å². The van der Waals surface area contributed by atoms with E-state index in [9.17, 15) is 0 Å². The highest BCUT2D eigenvalue weighted by Crippen LogP contribution is 2.16. The third kappa shape index (κ3) is 1.54. The van der Waals surface area contributed by atoms with Gasteiger partial charge >= 0.3 is 0 Å². The Morgan fingerprint density at radius 2 is 2.17 bits per heavy atom. The molecule has 5 heteroatoms. The van der Waals surface area contributed by atoms with Crippen molar-refractivity contribution in [3.05, 3.63) is 22.9 Å². The van der Waals surface area contributed by atoms with Crippen molar-refractivity contribution in [1.82, 2.24) is 9.97 Å². The highest BCUT2D eigenvalue weighted by atomic mass is 79.9. The predicted molar refractivity (Wildman–Crippen MR) is 55.5 cm³/mol. The highest BCUT2D eigenvalue weighted by molar-refractivity contribution is 9.10. The van der Waals surface area contributed by atoms with Crippen LogP contribution in [0.5, 0.6) is 0 Å². The fourth-order valence-electron chi connectivity index (χ4n) is 0.996. The maximum absolute atomic E-state index is 5.57. The molecule has 0 spiro atoms. The van der Waals surface area contributed by atoms with Crippen LogP contribution in [0.2, 0.25) is 0 Å². The summed E-state index contributed by atoms with van der Waals surface area (Å²) in [4.78, 5) is 7.18. The summed E-state index contributed by atoms with van der Waals surface area (Å²) in [6.07, 6.45) is 0. The van der Waals surface area contributed by atoms with E-state index >= 15 is 0 Å². The van der Waals surface area contributed by atoms with Gasteiger partial charge in [0, 0.05) is 5.69 Å². The molecule has 0 saturated carbocycles. The van der Waals surface area contributed by atoms with Gasteiger partial charge in [-0.3, -0.25) is 0 Å². The van der Waals surface area contributed by atoms with Gasteiger partial charge in [0.2, 0.25) is 0 Å². The number of nitrogen functional groups attached to an aromatic ring is 1. The van der Waals surface area contributed by atoms with Gasteiger partial charge in [-0.05, 0) is 34.1 Å². The molecule has 0 aliphatic carbocycles. The quantitative estimate of drug-likeness (QED) is 0.703. The zero-order valence-electron chi connectivity index (χ0n) is 6.04. The number of hydrogen-bond donors (Lipinski definition) is 2. The molecule has 64 valence electrons. The Morgan fingerprint density at radius 1 is 1.42 bits per heavy atom. The zero-order chi connectivity index (χ0) is 7.84. The van der Waals surface area contributed by atoms with E-state index in [1.165, 1.54) is 0 Å². The highest BCUT2D eigenvalue weighted by Gasteiger charge is 1.98. The fourth-order valence-corrected chi connectivity index (χ4v) is 1.40. The largest absolute Gasteiger partial charge is 0.399 e. The van der Waals surface area contributed by atoms with Crippen LogP contribution in [0.3, 0.4) is 0 Å². The van der Waals surface area contributed by atoms with Crippen molar-refractivity contribution in [2.75, 3.05) is 5.73 Å². The van der Waals surface area contributed by atoms with Gasteiger partial charge in [0.25, 0.3) is 0 Å². The summed E-state index contributed by atoms with van der Waals surface area (Å²) in [6, 6.07) is 5.56. The Hall–Kier alpha value is -0.740. The van der Waals surface area contributed by atoms with E-state index in [0.717, 1.165) is 21.5 Å². The molecule has 0 saturated heterocycles. The molecular formula is C7H7BrClN3. The molecule has 0 bridgehead atoms. The van der Waals surface area contributed by atoms with Crippen molar-refractivity contribution in [1.29, 1.82) is 0 Å². The number of nitrogens with two attached hydrogens (primary N) is 1. The third-order valence-corrected chi connectivity index (χ3v) is 1.85. The Bertz CT molecular complexity index is 398. The molecule has 1 aromatic heterocycles. The van der Waals surface area contributed by atoms with Crippen molar-refractivity contribution >= 4 is 45.1 Å². The molecule has 3 nitrogen and oxygen atoms in total. The van der Waals surface area contributed by atoms with Crippen LogP contribution in [0.15, 0.2) is 22.9 Å². The second kappa shape index (κ2) is 3.33. The number of rotatable bonds is 0. The lowest BCUT2D eigenvalue weighted by Crippen LogP contribution is -1.82. The van der Waals surface area contributed by atoms with Crippen LogP contribution >= 0.6 is 28.3 Å². The van der Waals surface area contributed by atoms with E-state index in [1.807, 2.05) is 18.2 Å². The summed E-state index contributed by atoms with van der Waals surface area (Å²) in [6.45, 7) is 0. The molecule has 0 aliphatic heterocycles. The molecule has 0 amide bonds. The first-order valence-electron chi connectivity index (χ1n) is 3.16. The molecule has 0 atom stereocenters. The van der Waals surface area contributed by atoms with Crippen LogP contribution in [-0.2, 0) is 0 Å². The fraction of sp³-hybridized carbons (Fsp3) is 0. The lowest BCUT2D eigenvalue weighted by Gasteiger charge is -1.89. The molecule has 3 N–H and O–H groups in total. The standard InChI is InChI=1S/C7H6BrN3.ClH/c8-7-10-5-2-1-4(9)3-6(5)11-7;/h1-3H,9H2,(H,10,11);1H. The monoisotopic (exact) mass is 247 g/mol. The van der Waals surface area contributed by atoms with E-state index in [2.05, 4.69) is 25.9 Å². The van der Waals surface area contributed by atoms with Gasteiger partial charge in [-0.25, -0.2) is 4.98 Å². The second-order valence-electron chi connectivity index (χ2n) is 2.30. The van der Waals surface area contributed by atoms with E-state index in [-0.39, 0.29) is 12.4 Å². The van der Waals surface area contributed by atoms with E-state index in [4.69, 9.17) is 5.73 Å². The van der Waals surface area contributed by atoms with Gasteiger partial charge in [-0.1, -0.05) is 0 Å². The minimum atomic E-state index is 0. The summed E-state index contributed by atoms with van der Waals surface area (Å²) < 4.78 is 0.734. The Balaban J connectivity index is 0.000000720. The summed E-state index contributed by atoms with van der Waals surface area (Å²) in [5.41, 5.74) is 8.19. The number of H-pyrrole nitrogens is 1. The van der Waals surface area contributed by atoms with Gasteiger partial charge in [0.1, 0.15) is 0 Å². The molecule has 2 aromatic rings. The van der Waals surface area contributed by atoms with Crippen molar-refractivity contribution in [2.45, 2.75) is 0 Å². The summed E-state index contributed by atoms with van der Waals surface area (Å²) in [5, 5.41) is 0. The van der Waals surface area contributed by atoms with Crippen molar-refractivity contribution in [3.63, 3.8) is 0 Å². The minimum Gasteiger partial charge on any atom is -0.399 e. The Labute approximate surface area is 83.9 Å². The first-order valence-corrected chi connectivity index (χ1v) is 3.96. The molecule has 0 unspecified atom stereocenters. The van der Waals surface area contributed by atoms with Gasteiger partial charge in [-0.2, -0.15) is 0 Å². The predicted octanol–water partition coefficient (Wildman–Crippen LogP) is 2.33. The second-order valence-corrected chi connectivity index (χ2v) is 3.06. The number of nitrogens with zero attached hydrogens (tertiary/aromatic N) is 1. The number of halogens is 2. The molecule has 12 heavy (non-hydrogen) atoms. The molecule has 0 radical (unpaired) electrons. The third-order valence-electron chi connectivity index (χ3n) is 1.48. The number of imidazole rings is 1. The van der Waals surface area contributed by atoms with Crippen molar-refractivity contribution in [2.24, 2.45) is 0 Å². The van der Waals surface area contributed by atoms with Crippen LogP contribution in [0, 0.1) is 0 Å². The average Bonchev–Trinajstić information content (AvgIpc) is 2.27. The van der Waals surface area contributed by atoms with Crippen LogP contribution < -0.4 is 5.73 Å². The average molecular weight is 249 g/mol. The normalized spacial score (nSPS) is 9.75. The zero-order valence-corrected chi connectivity index (χ0v) is 8.45. The Morgan fingerprint density at radius 3 is 2.92 bits per heavy atom. The molecule has 0 fully saturated rings. The number of fused-ring (bicyclic) bond motifs is 1. The van der Waals surface area contributed by atoms with Gasteiger partial charge < -0.3 is 10.7 Å². The molecule has 2 rings (SSSR count). The Kier molecular flexibility index (Phi) is 2.59. The maximum Gasteiger partial charge on any atom is 0.175 e. The molecule has 1 heterocycles. The van der Waals surface area contributed by atoms with Gasteiger partial charge in [-0.15, -0.1) is 12.4 Å². The number of aromatic amines is 1. The molecular weight excluding hydrogens is 241 g/mol. The first kappa shape index (κ1) is 9.35. The topological polar surface area (TPSA) is 54.7 Å². The van der Waals surface area contributed by atoms with Gasteiger partial charge in [0.15, 0.2) is 4.73 Å².